The van der Waals surface area contributed by atoms with E-state index in [0.29, 0.717) is 6.42 Å². The summed E-state index contributed by atoms with van der Waals surface area (Å²) in [5, 5.41) is 0. The SMILES string of the molecule is [C]#CCC(C)C(=O)N1CCCC1. The van der Waals surface area contributed by atoms with Crippen LogP contribution in [0.1, 0.15) is 26.2 Å². The Kier molecular flexibility index (Phi) is 3.16. The Labute approximate surface area is 73.9 Å². The number of carbonyl (C=O) groups excluding carboxylic acids is 1. The Morgan fingerprint density at radius 2 is 2.17 bits per heavy atom. The highest BCUT2D eigenvalue weighted by Gasteiger charge is 2.22. The Hall–Kier alpha value is -0.970. The number of likely N-dealkylation sites (tertiary alicyclic amines) is 1. The van der Waals surface area contributed by atoms with Gasteiger partial charge in [0.05, 0.1) is 0 Å². The Morgan fingerprint density at radius 3 is 2.67 bits per heavy atom. The first kappa shape index (κ1) is 9.12. The Bertz CT molecular complexity index is 198. The zero-order chi connectivity index (χ0) is 8.97. The van der Waals surface area contributed by atoms with E-state index in [1.165, 1.54) is 0 Å². The quantitative estimate of drug-likeness (QED) is 0.562. The lowest BCUT2D eigenvalue weighted by Crippen LogP contribution is -2.32. The average molecular weight is 164 g/mol. The minimum absolute atomic E-state index is 0.0550. The van der Waals surface area contributed by atoms with Crippen LogP contribution in [-0.2, 0) is 4.79 Å². The van der Waals surface area contributed by atoms with Gasteiger partial charge in [0.25, 0.3) is 0 Å². The fourth-order valence-electron chi connectivity index (χ4n) is 1.49. The third-order valence-electron chi connectivity index (χ3n) is 2.25. The maximum Gasteiger partial charge on any atom is 0.226 e. The number of nitrogens with zero attached hydrogens (tertiary/aromatic N) is 1. The van der Waals surface area contributed by atoms with Gasteiger partial charge in [0, 0.05) is 25.4 Å². The van der Waals surface area contributed by atoms with Gasteiger partial charge in [-0.25, -0.2) is 0 Å². The molecule has 0 saturated carbocycles. The van der Waals surface area contributed by atoms with Crippen molar-refractivity contribution in [3.05, 3.63) is 6.42 Å². The molecule has 0 aromatic carbocycles. The molecule has 1 heterocycles. The van der Waals surface area contributed by atoms with Crippen molar-refractivity contribution in [2.75, 3.05) is 13.1 Å². The van der Waals surface area contributed by atoms with E-state index in [-0.39, 0.29) is 11.8 Å². The van der Waals surface area contributed by atoms with Crippen LogP contribution in [-0.4, -0.2) is 23.9 Å². The van der Waals surface area contributed by atoms with Gasteiger partial charge in [-0.05, 0) is 19.3 Å². The molecule has 1 aliphatic rings. The summed E-state index contributed by atoms with van der Waals surface area (Å²) in [6.45, 7) is 3.67. The highest BCUT2D eigenvalue weighted by molar-refractivity contribution is 5.78. The van der Waals surface area contributed by atoms with Gasteiger partial charge < -0.3 is 4.90 Å². The van der Waals surface area contributed by atoms with E-state index in [1.54, 1.807) is 0 Å². The van der Waals surface area contributed by atoms with Crippen LogP contribution in [0.15, 0.2) is 0 Å². The van der Waals surface area contributed by atoms with Crippen LogP contribution < -0.4 is 0 Å². The van der Waals surface area contributed by atoms with Crippen LogP contribution in [0.2, 0.25) is 0 Å². The summed E-state index contributed by atoms with van der Waals surface area (Å²) in [7, 11) is 0. The van der Waals surface area contributed by atoms with Crippen molar-refractivity contribution >= 4 is 5.91 Å². The van der Waals surface area contributed by atoms with Crippen LogP contribution in [0.4, 0.5) is 0 Å². The van der Waals surface area contributed by atoms with Crippen molar-refractivity contribution < 1.29 is 4.79 Å². The van der Waals surface area contributed by atoms with Crippen molar-refractivity contribution in [1.82, 2.24) is 4.90 Å². The largest absolute Gasteiger partial charge is 0.342 e. The molecule has 1 aliphatic heterocycles. The second kappa shape index (κ2) is 4.15. The standard InChI is InChI=1S/C10H14NO/c1-3-6-9(2)10(12)11-7-4-5-8-11/h9H,4-8H2,2H3. The number of carbonyl (C=O) groups is 1. The van der Waals surface area contributed by atoms with Crippen molar-refractivity contribution in [2.24, 2.45) is 5.92 Å². The van der Waals surface area contributed by atoms with E-state index >= 15 is 0 Å². The summed E-state index contributed by atoms with van der Waals surface area (Å²) in [6, 6.07) is 0. The van der Waals surface area contributed by atoms with Crippen LogP contribution in [0.5, 0.6) is 0 Å². The van der Waals surface area contributed by atoms with E-state index in [1.807, 2.05) is 11.8 Å². The fraction of sp³-hybridized carbons (Fsp3) is 0.700. The first-order chi connectivity index (χ1) is 5.75. The molecule has 1 rings (SSSR count). The van der Waals surface area contributed by atoms with Gasteiger partial charge in [0.2, 0.25) is 5.91 Å². The van der Waals surface area contributed by atoms with Gasteiger partial charge in [0.1, 0.15) is 0 Å². The molecule has 0 spiro atoms. The normalized spacial score (nSPS) is 18.8. The first-order valence-electron chi connectivity index (χ1n) is 4.44. The molecule has 12 heavy (non-hydrogen) atoms. The number of rotatable bonds is 2. The molecule has 0 aromatic heterocycles. The maximum atomic E-state index is 11.5. The fourth-order valence-corrected chi connectivity index (χ4v) is 1.49. The molecule has 0 N–H and O–H groups in total. The molecule has 65 valence electrons. The lowest BCUT2D eigenvalue weighted by atomic mass is 10.1. The summed E-state index contributed by atoms with van der Waals surface area (Å²) >= 11 is 0. The Balaban J connectivity index is 2.41. The highest BCUT2D eigenvalue weighted by atomic mass is 16.2. The predicted molar refractivity (Wildman–Crippen MR) is 46.7 cm³/mol. The van der Waals surface area contributed by atoms with Crippen LogP contribution in [0, 0.1) is 18.3 Å². The minimum atomic E-state index is -0.0550. The molecule has 1 radical (unpaired) electrons. The van der Waals surface area contributed by atoms with E-state index < -0.39 is 0 Å². The van der Waals surface area contributed by atoms with Gasteiger partial charge in [-0.15, -0.1) is 0 Å². The first-order valence-corrected chi connectivity index (χ1v) is 4.44. The number of hydrogen-bond acceptors (Lipinski definition) is 1. The van der Waals surface area contributed by atoms with Gasteiger partial charge in [-0.3, -0.25) is 4.79 Å². The molecule has 0 aromatic rings. The van der Waals surface area contributed by atoms with Gasteiger partial charge in [-0.1, -0.05) is 12.8 Å². The van der Waals surface area contributed by atoms with Crippen LogP contribution in [0.3, 0.4) is 0 Å². The summed E-state index contributed by atoms with van der Waals surface area (Å²) in [5.74, 6) is 2.41. The molecule has 1 saturated heterocycles. The van der Waals surface area contributed by atoms with E-state index in [2.05, 4.69) is 5.92 Å². The third-order valence-corrected chi connectivity index (χ3v) is 2.25. The second-order valence-electron chi connectivity index (χ2n) is 3.31. The second-order valence-corrected chi connectivity index (χ2v) is 3.31. The zero-order valence-corrected chi connectivity index (χ0v) is 7.47. The summed E-state index contributed by atoms with van der Waals surface area (Å²) in [6.07, 6.45) is 9.49. The Morgan fingerprint density at radius 1 is 1.58 bits per heavy atom. The molecule has 1 amide bonds. The monoisotopic (exact) mass is 164 g/mol. The highest BCUT2D eigenvalue weighted by Crippen LogP contribution is 2.13. The maximum absolute atomic E-state index is 11.5. The summed E-state index contributed by atoms with van der Waals surface area (Å²) in [5.41, 5.74) is 0. The zero-order valence-electron chi connectivity index (χ0n) is 7.47. The van der Waals surface area contributed by atoms with E-state index in [9.17, 15) is 4.79 Å². The molecule has 0 aliphatic carbocycles. The van der Waals surface area contributed by atoms with Gasteiger partial charge >= 0.3 is 0 Å². The average Bonchev–Trinajstić information content (AvgIpc) is 2.55. The molecule has 1 atom stereocenters. The summed E-state index contributed by atoms with van der Waals surface area (Å²) in [4.78, 5) is 13.4. The molecule has 2 heteroatoms. The van der Waals surface area contributed by atoms with E-state index in [0.717, 1.165) is 25.9 Å². The molecule has 2 nitrogen and oxygen atoms in total. The summed E-state index contributed by atoms with van der Waals surface area (Å²) < 4.78 is 0. The van der Waals surface area contributed by atoms with Gasteiger partial charge in [0.15, 0.2) is 0 Å². The van der Waals surface area contributed by atoms with Crippen molar-refractivity contribution in [3.8, 4) is 5.92 Å². The van der Waals surface area contributed by atoms with Crippen molar-refractivity contribution in [2.45, 2.75) is 26.2 Å². The smallest absolute Gasteiger partial charge is 0.226 e. The molecule has 0 bridgehead atoms. The topological polar surface area (TPSA) is 20.3 Å². The lowest BCUT2D eigenvalue weighted by Gasteiger charge is -2.18. The molecular formula is C10H14NO. The minimum Gasteiger partial charge on any atom is -0.342 e. The third kappa shape index (κ3) is 2.01. The number of amides is 1. The lowest BCUT2D eigenvalue weighted by molar-refractivity contribution is -0.133. The van der Waals surface area contributed by atoms with Crippen molar-refractivity contribution in [1.29, 1.82) is 0 Å². The predicted octanol–water partition coefficient (Wildman–Crippen LogP) is 1.22. The van der Waals surface area contributed by atoms with Crippen molar-refractivity contribution in [3.63, 3.8) is 0 Å². The number of hydrogen-bond donors (Lipinski definition) is 0. The molecule has 1 unspecified atom stereocenters. The van der Waals surface area contributed by atoms with Gasteiger partial charge in [-0.2, -0.15) is 0 Å². The molecule has 1 fully saturated rings. The van der Waals surface area contributed by atoms with E-state index in [4.69, 9.17) is 6.42 Å². The van der Waals surface area contributed by atoms with Crippen LogP contribution >= 0.6 is 0 Å². The molecular weight excluding hydrogens is 150 g/mol. The van der Waals surface area contributed by atoms with Crippen LogP contribution in [0.25, 0.3) is 0 Å².